The quantitative estimate of drug-likeness (QED) is 0.653. The van der Waals surface area contributed by atoms with Crippen molar-refractivity contribution >= 4 is 11.7 Å². The van der Waals surface area contributed by atoms with E-state index in [9.17, 15) is 14.0 Å². The van der Waals surface area contributed by atoms with Crippen LogP contribution in [0.25, 0.3) is 11.3 Å². The fourth-order valence-electron chi connectivity index (χ4n) is 2.93. The summed E-state index contributed by atoms with van der Waals surface area (Å²) < 4.78 is 19.3. The van der Waals surface area contributed by atoms with Crippen molar-refractivity contribution in [2.75, 3.05) is 6.54 Å². The normalized spacial score (nSPS) is 13.6. The molecule has 6 nitrogen and oxygen atoms in total. The summed E-state index contributed by atoms with van der Waals surface area (Å²) in [7, 11) is 0. The number of nitrogens with one attached hydrogen (secondary N) is 2. The molecule has 0 spiro atoms. The lowest BCUT2D eigenvalue weighted by molar-refractivity contribution is 0.0947. The Hall–Kier alpha value is -3.22. The Bertz CT molecular complexity index is 1020. The largest absolute Gasteiger partial charge is 0.360 e. The average molecular weight is 367 g/mol. The predicted molar refractivity (Wildman–Crippen MR) is 95.9 cm³/mol. The van der Waals surface area contributed by atoms with Gasteiger partial charge in [-0.1, -0.05) is 17.3 Å². The van der Waals surface area contributed by atoms with Gasteiger partial charge in [-0.25, -0.2) is 4.39 Å². The monoisotopic (exact) mass is 367 g/mol. The molecule has 0 saturated heterocycles. The molecule has 2 heterocycles. The molecule has 0 atom stereocenters. The van der Waals surface area contributed by atoms with Crippen molar-refractivity contribution in [2.24, 2.45) is 5.92 Å². The third-order valence-electron chi connectivity index (χ3n) is 4.66. The van der Waals surface area contributed by atoms with Gasteiger partial charge in [-0.2, -0.15) is 0 Å². The van der Waals surface area contributed by atoms with Crippen LogP contribution in [0.3, 0.4) is 0 Å². The van der Waals surface area contributed by atoms with E-state index in [1.807, 2.05) is 0 Å². The zero-order valence-electron chi connectivity index (χ0n) is 14.7. The first kappa shape index (κ1) is 17.2. The molecule has 0 bridgehead atoms. The minimum atomic E-state index is -0.492. The van der Waals surface area contributed by atoms with Gasteiger partial charge in [0.25, 0.3) is 5.91 Å². The Kier molecular flexibility index (Phi) is 4.35. The Morgan fingerprint density at radius 1 is 1.33 bits per heavy atom. The van der Waals surface area contributed by atoms with Crippen molar-refractivity contribution in [3.8, 4) is 11.3 Å². The first-order chi connectivity index (χ1) is 13.0. The number of H-pyrrole nitrogens is 1. The van der Waals surface area contributed by atoms with E-state index >= 15 is 0 Å². The first-order valence-electron chi connectivity index (χ1n) is 8.77. The highest BCUT2D eigenvalue weighted by molar-refractivity contribution is 6.13. The van der Waals surface area contributed by atoms with Crippen LogP contribution in [0.1, 0.15) is 45.0 Å². The van der Waals surface area contributed by atoms with Crippen LogP contribution in [-0.2, 0) is 0 Å². The van der Waals surface area contributed by atoms with Gasteiger partial charge in [-0.15, -0.1) is 0 Å². The second-order valence-electron chi connectivity index (χ2n) is 6.73. The highest BCUT2D eigenvalue weighted by Gasteiger charge is 2.26. The van der Waals surface area contributed by atoms with Crippen molar-refractivity contribution in [3.05, 3.63) is 64.9 Å². The van der Waals surface area contributed by atoms with E-state index in [1.54, 1.807) is 19.1 Å². The van der Waals surface area contributed by atoms with Crippen LogP contribution < -0.4 is 5.32 Å². The summed E-state index contributed by atoms with van der Waals surface area (Å²) in [4.78, 5) is 28.0. The molecule has 2 N–H and O–H groups in total. The van der Waals surface area contributed by atoms with E-state index in [1.165, 1.54) is 24.4 Å². The second kappa shape index (κ2) is 6.83. The topological polar surface area (TPSA) is 88.0 Å². The molecular weight excluding hydrogens is 349 g/mol. The average Bonchev–Trinajstić information content (AvgIpc) is 3.21. The highest BCUT2D eigenvalue weighted by atomic mass is 19.1. The van der Waals surface area contributed by atoms with Gasteiger partial charge < -0.3 is 14.8 Å². The first-order valence-corrected chi connectivity index (χ1v) is 8.77. The number of nitrogens with zero attached hydrogens (tertiary/aromatic N) is 1. The van der Waals surface area contributed by atoms with Crippen LogP contribution in [0.5, 0.6) is 0 Å². The number of benzene rings is 1. The summed E-state index contributed by atoms with van der Waals surface area (Å²) in [5, 5.41) is 6.71. The van der Waals surface area contributed by atoms with E-state index in [0.717, 1.165) is 12.8 Å². The van der Waals surface area contributed by atoms with Gasteiger partial charge in [0.05, 0.1) is 5.56 Å². The smallest absolute Gasteiger partial charge is 0.267 e. The standard InChI is InChI=1S/C20H18FN3O3/c1-11-17(18(24-27-11)14-4-2-3-5-15(14)21)19(25)13-8-16(22-10-13)20(26)23-9-12-6-7-12/h2-5,8,10,12,22H,6-7,9H2,1H3,(H,23,26). The molecule has 1 aliphatic carbocycles. The van der Waals surface area contributed by atoms with E-state index in [4.69, 9.17) is 4.52 Å². The zero-order valence-corrected chi connectivity index (χ0v) is 14.7. The molecule has 1 aliphatic rings. The van der Waals surface area contributed by atoms with Gasteiger partial charge in [0, 0.05) is 23.9 Å². The van der Waals surface area contributed by atoms with Gasteiger partial charge in [0.2, 0.25) is 0 Å². The lowest BCUT2D eigenvalue weighted by Crippen LogP contribution is -2.25. The summed E-state index contributed by atoms with van der Waals surface area (Å²) in [6.45, 7) is 2.24. The molecule has 1 amide bonds. The Balaban J connectivity index is 1.61. The maximum absolute atomic E-state index is 14.1. The second-order valence-corrected chi connectivity index (χ2v) is 6.73. The van der Waals surface area contributed by atoms with Crippen molar-refractivity contribution in [3.63, 3.8) is 0 Å². The maximum atomic E-state index is 14.1. The van der Waals surface area contributed by atoms with Crippen LogP contribution in [-0.4, -0.2) is 28.4 Å². The van der Waals surface area contributed by atoms with Crippen LogP contribution in [0.15, 0.2) is 41.1 Å². The third kappa shape index (κ3) is 3.40. The lowest BCUT2D eigenvalue weighted by atomic mass is 9.99. The van der Waals surface area contributed by atoms with E-state index in [-0.39, 0.29) is 34.1 Å². The summed E-state index contributed by atoms with van der Waals surface area (Å²) in [5.74, 6) is -0.275. The molecule has 27 heavy (non-hydrogen) atoms. The number of hydrogen-bond donors (Lipinski definition) is 2. The van der Waals surface area contributed by atoms with Crippen molar-refractivity contribution in [1.29, 1.82) is 0 Å². The fourth-order valence-corrected chi connectivity index (χ4v) is 2.93. The van der Waals surface area contributed by atoms with Crippen LogP contribution >= 0.6 is 0 Å². The van der Waals surface area contributed by atoms with Gasteiger partial charge in [-0.3, -0.25) is 9.59 Å². The summed E-state index contributed by atoms with van der Waals surface area (Å²) in [6.07, 6.45) is 3.74. The molecule has 7 heteroatoms. The number of carbonyl (C=O) groups excluding carboxylic acids is 2. The number of carbonyl (C=O) groups is 2. The Labute approximate surface area is 154 Å². The summed E-state index contributed by atoms with van der Waals surface area (Å²) in [6, 6.07) is 7.55. The number of ketones is 1. The molecular formula is C20H18FN3O3. The molecule has 0 radical (unpaired) electrons. The van der Waals surface area contributed by atoms with Crippen LogP contribution in [0.2, 0.25) is 0 Å². The van der Waals surface area contributed by atoms with E-state index in [0.29, 0.717) is 23.9 Å². The number of amides is 1. The number of halogens is 1. The molecule has 4 rings (SSSR count). The maximum Gasteiger partial charge on any atom is 0.267 e. The summed E-state index contributed by atoms with van der Waals surface area (Å²) >= 11 is 0. The minimum absolute atomic E-state index is 0.150. The number of hydrogen-bond acceptors (Lipinski definition) is 4. The predicted octanol–water partition coefficient (Wildman–Crippen LogP) is 3.49. The third-order valence-corrected chi connectivity index (χ3v) is 4.66. The molecule has 3 aromatic rings. The number of aromatic amines is 1. The lowest BCUT2D eigenvalue weighted by Gasteiger charge is -2.02. The van der Waals surface area contributed by atoms with Crippen LogP contribution in [0, 0.1) is 18.7 Å². The molecule has 0 unspecified atom stereocenters. The molecule has 1 saturated carbocycles. The van der Waals surface area contributed by atoms with Gasteiger partial charge in [0.1, 0.15) is 23.0 Å². The number of aromatic nitrogens is 2. The fraction of sp³-hybridized carbons (Fsp3) is 0.250. The molecule has 0 aliphatic heterocycles. The van der Waals surface area contributed by atoms with Crippen molar-refractivity contribution in [2.45, 2.75) is 19.8 Å². The zero-order chi connectivity index (χ0) is 19.0. The number of aryl methyl sites for hydroxylation is 1. The number of rotatable bonds is 6. The molecule has 1 aromatic carbocycles. The Morgan fingerprint density at radius 3 is 2.85 bits per heavy atom. The van der Waals surface area contributed by atoms with E-state index < -0.39 is 5.82 Å². The van der Waals surface area contributed by atoms with Gasteiger partial charge in [0.15, 0.2) is 5.78 Å². The minimum Gasteiger partial charge on any atom is -0.360 e. The van der Waals surface area contributed by atoms with Crippen molar-refractivity contribution in [1.82, 2.24) is 15.5 Å². The molecule has 2 aromatic heterocycles. The molecule has 1 fully saturated rings. The van der Waals surface area contributed by atoms with Gasteiger partial charge in [-0.05, 0) is 43.9 Å². The van der Waals surface area contributed by atoms with Gasteiger partial charge >= 0.3 is 0 Å². The highest BCUT2D eigenvalue weighted by Crippen LogP contribution is 2.30. The Morgan fingerprint density at radius 2 is 2.11 bits per heavy atom. The van der Waals surface area contributed by atoms with Crippen LogP contribution in [0.4, 0.5) is 4.39 Å². The molecule has 138 valence electrons. The van der Waals surface area contributed by atoms with Crippen molar-refractivity contribution < 1.29 is 18.5 Å². The summed E-state index contributed by atoms with van der Waals surface area (Å²) in [5.41, 5.74) is 1.12. The SMILES string of the molecule is Cc1onc(-c2ccccc2F)c1C(=O)c1c[nH]c(C(=O)NCC2CC2)c1. The van der Waals surface area contributed by atoms with E-state index in [2.05, 4.69) is 15.5 Å².